The molecule has 33 heavy (non-hydrogen) atoms. The van der Waals surface area contributed by atoms with Crippen LogP contribution in [0.3, 0.4) is 0 Å². The van der Waals surface area contributed by atoms with Crippen molar-refractivity contribution in [2.45, 2.75) is 63.3 Å². The summed E-state index contributed by atoms with van der Waals surface area (Å²) in [4.78, 5) is 14.3. The molecule has 0 amide bonds. The molecule has 0 aliphatic carbocycles. The lowest BCUT2D eigenvalue weighted by molar-refractivity contribution is -0.137. The molecule has 2 fully saturated rings. The molecule has 4 rings (SSSR count). The molecular weight excluding hydrogens is 431 g/mol. The molecule has 0 saturated carbocycles. The molecule has 2 heterocycles. The Morgan fingerprint density at radius 1 is 1.15 bits per heavy atom. The van der Waals surface area contributed by atoms with Gasteiger partial charge in [-0.15, -0.1) is 0 Å². The van der Waals surface area contributed by atoms with Gasteiger partial charge >= 0.3 is 12.1 Å². The third-order valence-electron chi connectivity index (χ3n) is 7.17. The van der Waals surface area contributed by atoms with Gasteiger partial charge in [0, 0.05) is 18.2 Å². The van der Waals surface area contributed by atoms with Crippen LogP contribution in [-0.2, 0) is 23.1 Å². The summed E-state index contributed by atoms with van der Waals surface area (Å²) < 4.78 is 44.8. The third kappa shape index (κ3) is 4.38. The molecule has 2 aliphatic heterocycles. The number of aliphatic carboxylic acids is 1. The number of fused-ring (bicyclic) bond motifs is 2. The number of hydrogen-bond acceptors (Lipinski definition) is 3. The normalized spacial score (nSPS) is 24.6. The van der Waals surface area contributed by atoms with Gasteiger partial charge in [-0.2, -0.15) is 13.2 Å². The lowest BCUT2D eigenvalue weighted by Crippen LogP contribution is -2.48. The fraction of sp³-hybridized carbons (Fsp3) is 0.423. The summed E-state index contributed by atoms with van der Waals surface area (Å²) >= 11 is 0. The molecule has 2 atom stereocenters. The Hall–Kier alpha value is -2.80. The van der Waals surface area contributed by atoms with Crippen LogP contribution < -0.4 is 4.74 Å². The Labute approximate surface area is 191 Å². The van der Waals surface area contributed by atoms with Crippen LogP contribution in [0.2, 0.25) is 0 Å². The number of rotatable bonds is 6. The largest absolute Gasteiger partial charge is 0.497 e. The zero-order chi connectivity index (χ0) is 23.8. The first-order valence-electron chi connectivity index (χ1n) is 11.2. The first-order chi connectivity index (χ1) is 15.7. The second kappa shape index (κ2) is 8.86. The maximum Gasteiger partial charge on any atom is 0.416 e. The van der Waals surface area contributed by atoms with E-state index in [4.69, 9.17) is 4.74 Å². The molecule has 2 aromatic carbocycles. The number of halogens is 3. The van der Waals surface area contributed by atoms with Gasteiger partial charge in [0.05, 0.1) is 18.2 Å². The van der Waals surface area contributed by atoms with Crippen molar-refractivity contribution in [1.82, 2.24) is 4.90 Å². The maximum atomic E-state index is 13.2. The average molecular weight is 460 g/mol. The average Bonchev–Trinajstić information content (AvgIpc) is 2.99. The van der Waals surface area contributed by atoms with Gasteiger partial charge in [0.25, 0.3) is 0 Å². The fourth-order valence-corrected chi connectivity index (χ4v) is 5.54. The van der Waals surface area contributed by atoms with Crippen LogP contribution in [-0.4, -0.2) is 29.1 Å². The number of carbonyl (C=O) groups is 1. The van der Waals surface area contributed by atoms with E-state index in [0.717, 1.165) is 47.4 Å². The molecule has 0 radical (unpaired) electrons. The number of ether oxygens (including phenoxy) is 1. The van der Waals surface area contributed by atoms with Crippen molar-refractivity contribution in [3.8, 4) is 5.75 Å². The van der Waals surface area contributed by atoms with Crippen molar-refractivity contribution in [2.24, 2.45) is 0 Å². The monoisotopic (exact) mass is 459 g/mol. The minimum absolute atomic E-state index is 0.138. The summed E-state index contributed by atoms with van der Waals surface area (Å²) in [5.74, 6) is -0.143. The highest BCUT2D eigenvalue weighted by Crippen LogP contribution is 2.54. The highest BCUT2D eigenvalue weighted by molar-refractivity contribution is 5.87. The molecule has 2 aliphatic rings. The number of hydrogen-bond donors (Lipinski definition) is 1. The first kappa shape index (κ1) is 23.4. The zero-order valence-electron chi connectivity index (χ0n) is 18.8. The quantitative estimate of drug-likeness (QED) is 0.526. The van der Waals surface area contributed by atoms with Crippen LogP contribution in [0.1, 0.15) is 55.7 Å². The zero-order valence-corrected chi connectivity index (χ0v) is 18.8. The SMILES string of the molecule is CCC(C(=O)O)=C1C[C@@H]2CC[C@@](c3ccc(C(F)(F)F)cc3)(C1)N2Cc1ccc(OC)cc1. The van der Waals surface area contributed by atoms with E-state index in [9.17, 15) is 23.1 Å². The molecular formula is C26H28F3NO3. The van der Waals surface area contributed by atoms with Gasteiger partial charge in [-0.3, -0.25) is 4.90 Å². The van der Waals surface area contributed by atoms with Gasteiger partial charge in [0.15, 0.2) is 0 Å². The van der Waals surface area contributed by atoms with E-state index in [1.54, 1.807) is 19.2 Å². The van der Waals surface area contributed by atoms with Gasteiger partial charge in [0.2, 0.25) is 0 Å². The predicted molar refractivity (Wildman–Crippen MR) is 119 cm³/mol. The Morgan fingerprint density at radius 2 is 1.82 bits per heavy atom. The summed E-state index contributed by atoms with van der Waals surface area (Å²) in [7, 11) is 1.61. The highest BCUT2D eigenvalue weighted by Gasteiger charge is 2.51. The minimum atomic E-state index is -4.40. The van der Waals surface area contributed by atoms with Gasteiger partial charge in [-0.05, 0) is 67.5 Å². The fourth-order valence-electron chi connectivity index (χ4n) is 5.54. The van der Waals surface area contributed by atoms with Crippen molar-refractivity contribution < 1.29 is 27.8 Å². The maximum absolute atomic E-state index is 13.2. The van der Waals surface area contributed by atoms with Gasteiger partial charge in [-0.1, -0.05) is 36.8 Å². The van der Waals surface area contributed by atoms with Crippen molar-refractivity contribution in [3.63, 3.8) is 0 Å². The van der Waals surface area contributed by atoms with Gasteiger partial charge in [0.1, 0.15) is 5.75 Å². The number of benzene rings is 2. The molecule has 7 heteroatoms. The summed E-state index contributed by atoms with van der Waals surface area (Å²) in [6.07, 6.45) is -1.13. The Kier molecular flexibility index (Phi) is 6.27. The summed E-state index contributed by atoms with van der Waals surface area (Å²) in [6, 6.07) is 13.4. The summed E-state index contributed by atoms with van der Waals surface area (Å²) in [5.41, 5.74) is 2.04. The number of alkyl halides is 3. The van der Waals surface area contributed by atoms with Crippen molar-refractivity contribution >= 4 is 5.97 Å². The second-order valence-electron chi connectivity index (χ2n) is 8.90. The second-order valence-corrected chi connectivity index (χ2v) is 8.90. The van der Waals surface area contributed by atoms with Crippen molar-refractivity contribution in [2.75, 3.05) is 7.11 Å². The topological polar surface area (TPSA) is 49.8 Å². The van der Waals surface area contributed by atoms with E-state index < -0.39 is 23.2 Å². The van der Waals surface area contributed by atoms with Crippen LogP contribution in [0.4, 0.5) is 13.2 Å². The van der Waals surface area contributed by atoms with Gasteiger partial charge in [-0.25, -0.2) is 4.79 Å². The third-order valence-corrected chi connectivity index (χ3v) is 7.17. The van der Waals surface area contributed by atoms with E-state index in [-0.39, 0.29) is 6.04 Å². The smallest absolute Gasteiger partial charge is 0.416 e. The summed E-state index contributed by atoms with van der Waals surface area (Å²) in [5, 5.41) is 9.74. The van der Waals surface area contributed by atoms with Crippen molar-refractivity contribution in [3.05, 3.63) is 76.4 Å². The number of methoxy groups -OCH3 is 1. The summed E-state index contributed by atoms with van der Waals surface area (Å²) in [6.45, 7) is 2.48. The number of carboxylic acid groups (broad SMARTS) is 1. The molecule has 176 valence electrons. The minimum Gasteiger partial charge on any atom is -0.497 e. The van der Waals surface area contributed by atoms with Crippen LogP contribution in [0.5, 0.6) is 5.75 Å². The van der Waals surface area contributed by atoms with E-state index in [0.29, 0.717) is 31.4 Å². The first-order valence-corrected chi connectivity index (χ1v) is 11.2. The Bertz CT molecular complexity index is 1040. The number of piperidine rings is 1. The molecule has 0 aromatic heterocycles. The van der Waals surface area contributed by atoms with Crippen LogP contribution in [0.15, 0.2) is 59.7 Å². The molecule has 2 saturated heterocycles. The van der Waals surface area contributed by atoms with Crippen molar-refractivity contribution in [1.29, 1.82) is 0 Å². The number of carboxylic acids is 1. The number of nitrogens with zero attached hydrogens (tertiary/aromatic N) is 1. The standard InChI is InChI=1S/C26H28F3NO3/c1-3-23(24(31)32)18-14-21-12-13-25(15-18,19-6-8-20(9-7-19)26(27,28)29)30(21)16-17-4-10-22(33-2)11-5-17/h4-11,21H,3,12-16H2,1-2H3,(H,31,32)/t21-,25-/m0/s1. The predicted octanol–water partition coefficient (Wildman–Crippen LogP) is 6.16. The highest BCUT2D eigenvalue weighted by atomic mass is 19.4. The van der Waals surface area contributed by atoms with Gasteiger partial charge < -0.3 is 9.84 Å². The molecule has 1 N–H and O–H groups in total. The molecule has 4 nitrogen and oxygen atoms in total. The van der Waals surface area contributed by atoms with Crippen LogP contribution >= 0.6 is 0 Å². The van der Waals surface area contributed by atoms with E-state index in [1.807, 2.05) is 31.2 Å². The molecule has 2 bridgehead atoms. The Morgan fingerprint density at radius 3 is 2.36 bits per heavy atom. The van der Waals surface area contributed by atoms with E-state index in [2.05, 4.69) is 4.90 Å². The van der Waals surface area contributed by atoms with Crippen LogP contribution in [0, 0.1) is 0 Å². The van der Waals surface area contributed by atoms with E-state index in [1.165, 1.54) is 0 Å². The van der Waals surface area contributed by atoms with E-state index >= 15 is 0 Å². The molecule has 0 unspecified atom stereocenters. The molecule has 0 spiro atoms. The lowest BCUT2D eigenvalue weighted by Gasteiger charge is -2.47. The Balaban J connectivity index is 1.76. The lowest BCUT2D eigenvalue weighted by atomic mass is 9.77. The molecule has 2 aromatic rings. The van der Waals surface area contributed by atoms with Crippen LogP contribution in [0.25, 0.3) is 0 Å².